The van der Waals surface area contributed by atoms with Gasteiger partial charge in [-0.2, -0.15) is 0 Å². The first-order chi connectivity index (χ1) is 8.76. The second-order valence-electron chi connectivity index (χ2n) is 3.82. The van der Waals surface area contributed by atoms with Crippen molar-refractivity contribution in [1.29, 1.82) is 0 Å². The molecule has 0 aliphatic carbocycles. The van der Waals surface area contributed by atoms with Crippen LogP contribution in [-0.2, 0) is 0 Å². The summed E-state index contributed by atoms with van der Waals surface area (Å²) in [6, 6.07) is 3.57. The highest BCUT2D eigenvalue weighted by molar-refractivity contribution is 6.08. The number of H-pyrrole nitrogens is 2. The van der Waals surface area contributed by atoms with Crippen LogP contribution in [0, 0.1) is 0 Å². The SMILES string of the molecule is COc1ccc(OC)c2c1ncc1c(=O)[nH][nH]c12. The summed E-state index contributed by atoms with van der Waals surface area (Å²) >= 11 is 0. The predicted octanol–water partition coefficient (Wildman–Crippen LogP) is 1.42. The fraction of sp³-hybridized carbons (Fsp3) is 0.167. The zero-order valence-corrected chi connectivity index (χ0v) is 9.90. The summed E-state index contributed by atoms with van der Waals surface area (Å²) in [6.07, 6.45) is 1.52. The van der Waals surface area contributed by atoms with Gasteiger partial charge in [0.2, 0.25) is 0 Å². The Hall–Kier alpha value is -2.50. The summed E-state index contributed by atoms with van der Waals surface area (Å²) in [7, 11) is 3.15. The first-order valence-corrected chi connectivity index (χ1v) is 5.36. The van der Waals surface area contributed by atoms with E-state index < -0.39 is 0 Å². The summed E-state index contributed by atoms with van der Waals surface area (Å²) < 4.78 is 10.6. The smallest absolute Gasteiger partial charge is 0.273 e. The Bertz CT molecular complexity index is 788. The highest BCUT2D eigenvalue weighted by Gasteiger charge is 2.14. The second-order valence-corrected chi connectivity index (χ2v) is 3.82. The van der Waals surface area contributed by atoms with E-state index in [9.17, 15) is 4.79 Å². The van der Waals surface area contributed by atoms with Gasteiger partial charge >= 0.3 is 0 Å². The van der Waals surface area contributed by atoms with Gasteiger partial charge in [0.15, 0.2) is 0 Å². The average Bonchev–Trinajstić information content (AvgIpc) is 2.79. The van der Waals surface area contributed by atoms with Crippen LogP contribution in [0.4, 0.5) is 0 Å². The van der Waals surface area contributed by atoms with E-state index in [4.69, 9.17) is 9.47 Å². The summed E-state index contributed by atoms with van der Waals surface area (Å²) in [4.78, 5) is 15.9. The van der Waals surface area contributed by atoms with Crippen LogP contribution in [0.5, 0.6) is 11.5 Å². The van der Waals surface area contributed by atoms with Crippen molar-refractivity contribution < 1.29 is 9.47 Å². The molecular formula is C12H11N3O3. The zero-order chi connectivity index (χ0) is 12.7. The van der Waals surface area contributed by atoms with E-state index in [1.807, 2.05) is 0 Å². The molecule has 0 radical (unpaired) electrons. The lowest BCUT2D eigenvalue weighted by atomic mass is 10.1. The average molecular weight is 245 g/mol. The molecule has 0 saturated carbocycles. The van der Waals surface area contributed by atoms with Crippen molar-refractivity contribution in [1.82, 2.24) is 15.2 Å². The Kier molecular flexibility index (Phi) is 2.22. The maximum Gasteiger partial charge on any atom is 0.273 e. The number of hydrogen-bond donors (Lipinski definition) is 2. The van der Waals surface area contributed by atoms with Crippen LogP contribution >= 0.6 is 0 Å². The minimum atomic E-state index is -0.204. The number of fused-ring (bicyclic) bond motifs is 3. The van der Waals surface area contributed by atoms with Gasteiger partial charge in [-0.1, -0.05) is 0 Å². The van der Waals surface area contributed by atoms with Crippen molar-refractivity contribution in [3.8, 4) is 11.5 Å². The molecule has 6 nitrogen and oxygen atoms in total. The Morgan fingerprint density at radius 2 is 1.83 bits per heavy atom. The predicted molar refractivity (Wildman–Crippen MR) is 67.3 cm³/mol. The van der Waals surface area contributed by atoms with Gasteiger partial charge < -0.3 is 9.47 Å². The molecule has 0 amide bonds. The Labute approximate surface area is 102 Å². The summed E-state index contributed by atoms with van der Waals surface area (Å²) in [5, 5.41) is 6.61. The molecule has 0 atom stereocenters. The van der Waals surface area contributed by atoms with Crippen LogP contribution in [0.3, 0.4) is 0 Å². The van der Waals surface area contributed by atoms with Gasteiger partial charge in [0.05, 0.1) is 30.5 Å². The summed E-state index contributed by atoms with van der Waals surface area (Å²) in [5.74, 6) is 1.27. The quantitative estimate of drug-likeness (QED) is 0.715. The van der Waals surface area contributed by atoms with Gasteiger partial charge in [-0.3, -0.25) is 20.0 Å². The minimum absolute atomic E-state index is 0.204. The van der Waals surface area contributed by atoms with Crippen molar-refractivity contribution in [2.75, 3.05) is 14.2 Å². The van der Waals surface area contributed by atoms with E-state index in [2.05, 4.69) is 15.2 Å². The van der Waals surface area contributed by atoms with Crippen LogP contribution in [0.25, 0.3) is 21.8 Å². The molecule has 2 aromatic heterocycles. The minimum Gasteiger partial charge on any atom is -0.496 e. The maximum absolute atomic E-state index is 11.6. The number of aromatic amines is 2. The molecule has 18 heavy (non-hydrogen) atoms. The van der Waals surface area contributed by atoms with Crippen molar-refractivity contribution >= 4 is 21.8 Å². The molecule has 3 rings (SSSR count). The van der Waals surface area contributed by atoms with Crippen molar-refractivity contribution in [3.05, 3.63) is 28.7 Å². The molecule has 0 fully saturated rings. The number of nitrogens with zero attached hydrogens (tertiary/aromatic N) is 1. The number of aromatic nitrogens is 3. The summed E-state index contributed by atoms with van der Waals surface area (Å²) in [5.41, 5.74) is 1.12. The molecule has 6 heteroatoms. The van der Waals surface area contributed by atoms with Crippen LogP contribution in [0.1, 0.15) is 0 Å². The van der Waals surface area contributed by atoms with Gasteiger partial charge in [0.25, 0.3) is 5.56 Å². The Morgan fingerprint density at radius 1 is 1.11 bits per heavy atom. The van der Waals surface area contributed by atoms with Gasteiger partial charge in [0.1, 0.15) is 17.0 Å². The van der Waals surface area contributed by atoms with Gasteiger partial charge in [-0.25, -0.2) is 0 Å². The van der Waals surface area contributed by atoms with Gasteiger partial charge in [0, 0.05) is 6.20 Å². The molecule has 0 saturated heterocycles. The molecule has 92 valence electrons. The van der Waals surface area contributed by atoms with Crippen molar-refractivity contribution in [2.45, 2.75) is 0 Å². The number of ether oxygens (including phenoxy) is 2. The van der Waals surface area contributed by atoms with E-state index in [1.165, 1.54) is 6.20 Å². The second kappa shape index (κ2) is 3.76. The first kappa shape index (κ1) is 10.6. The monoisotopic (exact) mass is 245 g/mol. The molecule has 0 bridgehead atoms. The molecule has 1 aromatic carbocycles. The Balaban J connectivity index is 2.58. The Morgan fingerprint density at radius 3 is 2.56 bits per heavy atom. The fourth-order valence-corrected chi connectivity index (χ4v) is 2.08. The highest BCUT2D eigenvalue weighted by Crippen LogP contribution is 2.34. The molecule has 0 aliphatic rings. The lowest BCUT2D eigenvalue weighted by Gasteiger charge is -2.09. The van der Waals surface area contributed by atoms with Crippen LogP contribution in [0.15, 0.2) is 23.1 Å². The number of rotatable bonds is 2. The molecule has 0 spiro atoms. The normalized spacial score (nSPS) is 11.0. The fourth-order valence-electron chi connectivity index (χ4n) is 2.08. The van der Waals surface area contributed by atoms with Crippen molar-refractivity contribution in [3.63, 3.8) is 0 Å². The third-order valence-electron chi connectivity index (χ3n) is 2.93. The first-order valence-electron chi connectivity index (χ1n) is 5.36. The van der Waals surface area contributed by atoms with E-state index in [1.54, 1.807) is 26.4 Å². The maximum atomic E-state index is 11.6. The van der Waals surface area contributed by atoms with E-state index in [0.29, 0.717) is 27.9 Å². The van der Waals surface area contributed by atoms with Crippen LogP contribution in [-0.4, -0.2) is 29.4 Å². The lowest BCUT2D eigenvalue weighted by molar-refractivity contribution is 0.410. The van der Waals surface area contributed by atoms with E-state index in [-0.39, 0.29) is 5.56 Å². The van der Waals surface area contributed by atoms with Crippen LogP contribution < -0.4 is 15.0 Å². The number of hydrogen-bond acceptors (Lipinski definition) is 4. The van der Waals surface area contributed by atoms with Gasteiger partial charge in [-0.05, 0) is 12.1 Å². The van der Waals surface area contributed by atoms with Gasteiger partial charge in [-0.15, -0.1) is 0 Å². The topological polar surface area (TPSA) is 80.0 Å². The number of pyridine rings is 1. The molecular weight excluding hydrogens is 234 g/mol. The van der Waals surface area contributed by atoms with E-state index in [0.717, 1.165) is 5.39 Å². The molecule has 0 aliphatic heterocycles. The largest absolute Gasteiger partial charge is 0.496 e. The lowest BCUT2D eigenvalue weighted by Crippen LogP contribution is -1.98. The van der Waals surface area contributed by atoms with Crippen molar-refractivity contribution in [2.24, 2.45) is 0 Å². The molecule has 2 heterocycles. The number of benzene rings is 1. The third kappa shape index (κ3) is 1.29. The molecule has 3 aromatic rings. The standard InChI is InChI=1S/C12H11N3O3/c1-17-7-3-4-8(18-2)11-9(7)10-6(5-13-11)12(16)15-14-10/h3-5H,1-2H3,(H2,14,15,16). The zero-order valence-electron chi connectivity index (χ0n) is 9.90. The molecule has 2 N–H and O–H groups in total. The van der Waals surface area contributed by atoms with Crippen LogP contribution in [0.2, 0.25) is 0 Å². The molecule has 0 unspecified atom stereocenters. The number of nitrogens with one attached hydrogen (secondary N) is 2. The number of methoxy groups -OCH3 is 2. The summed E-state index contributed by atoms with van der Waals surface area (Å²) in [6.45, 7) is 0. The van der Waals surface area contributed by atoms with E-state index >= 15 is 0 Å². The third-order valence-corrected chi connectivity index (χ3v) is 2.93. The highest BCUT2D eigenvalue weighted by atomic mass is 16.5.